The summed E-state index contributed by atoms with van der Waals surface area (Å²) in [4.78, 5) is 0. The van der Waals surface area contributed by atoms with Gasteiger partial charge in [-0.2, -0.15) is 9.57 Å². The number of nitriles is 1. The number of nitrogens with one attached hydrogen (secondary N) is 1. The molecule has 3 rings (SSSR count). The number of benzene rings is 2. The second kappa shape index (κ2) is 7.90. The van der Waals surface area contributed by atoms with Gasteiger partial charge in [-0.3, -0.25) is 0 Å². The SMILES string of the molecule is CCCS(=O)(=O)N1C[C@@H](Nc2cccc(C#N)c2)[C@H](c2ccccc2)C1. The molecule has 6 heteroatoms. The van der Waals surface area contributed by atoms with E-state index in [9.17, 15) is 8.42 Å². The molecular weight excluding hydrogens is 346 g/mol. The van der Waals surface area contributed by atoms with Gasteiger partial charge in [0.25, 0.3) is 0 Å². The van der Waals surface area contributed by atoms with Crippen molar-refractivity contribution < 1.29 is 8.42 Å². The van der Waals surface area contributed by atoms with E-state index in [0.717, 1.165) is 11.3 Å². The molecule has 1 aliphatic heterocycles. The largest absolute Gasteiger partial charge is 0.380 e. The van der Waals surface area contributed by atoms with Crippen molar-refractivity contribution in [2.45, 2.75) is 25.3 Å². The first-order valence-corrected chi connectivity index (χ1v) is 10.4. The van der Waals surface area contributed by atoms with Crippen LogP contribution in [0.5, 0.6) is 0 Å². The number of hydrogen-bond acceptors (Lipinski definition) is 4. The van der Waals surface area contributed by atoms with Crippen molar-refractivity contribution in [2.75, 3.05) is 24.2 Å². The lowest BCUT2D eigenvalue weighted by Crippen LogP contribution is -2.33. The maximum absolute atomic E-state index is 12.6. The van der Waals surface area contributed by atoms with Crippen molar-refractivity contribution in [3.63, 3.8) is 0 Å². The summed E-state index contributed by atoms with van der Waals surface area (Å²) in [5.41, 5.74) is 2.54. The van der Waals surface area contributed by atoms with Crippen LogP contribution in [0.1, 0.15) is 30.4 Å². The van der Waals surface area contributed by atoms with Crippen molar-refractivity contribution >= 4 is 15.7 Å². The van der Waals surface area contributed by atoms with E-state index in [0.29, 0.717) is 25.1 Å². The highest BCUT2D eigenvalue weighted by Gasteiger charge is 2.39. The second-order valence-corrected chi connectivity index (χ2v) is 8.68. The van der Waals surface area contributed by atoms with Gasteiger partial charge in [0.1, 0.15) is 0 Å². The Hall–Kier alpha value is -2.36. The van der Waals surface area contributed by atoms with E-state index < -0.39 is 10.0 Å². The minimum atomic E-state index is -3.25. The average Bonchev–Trinajstić information content (AvgIpc) is 3.07. The zero-order valence-corrected chi connectivity index (χ0v) is 15.6. The molecule has 0 spiro atoms. The van der Waals surface area contributed by atoms with Crippen LogP contribution in [-0.4, -0.2) is 37.6 Å². The lowest BCUT2D eigenvalue weighted by Gasteiger charge is -2.21. The van der Waals surface area contributed by atoms with E-state index in [1.165, 1.54) is 0 Å². The summed E-state index contributed by atoms with van der Waals surface area (Å²) in [6.07, 6.45) is 0.608. The van der Waals surface area contributed by atoms with Crippen LogP contribution in [0.3, 0.4) is 0 Å². The number of nitrogens with zero attached hydrogens (tertiary/aromatic N) is 2. The molecule has 0 unspecified atom stereocenters. The molecule has 0 aliphatic carbocycles. The van der Waals surface area contributed by atoms with Gasteiger partial charge in [-0.25, -0.2) is 8.42 Å². The number of hydrogen-bond donors (Lipinski definition) is 1. The molecule has 1 aliphatic rings. The van der Waals surface area contributed by atoms with Crippen LogP contribution in [0.4, 0.5) is 5.69 Å². The van der Waals surface area contributed by atoms with Gasteiger partial charge in [-0.15, -0.1) is 0 Å². The molecule has 1 heterocycles. The Morgan fingerprint density at radius 2 is 1.92 bits per heavy atom. The topological polar surface area (TPSA) is 73.2 Å². The van der Waals surface area contributed by atoms with Crippen molar-refractivity contribution in [1.29, 1.82) is 5.26 Å². The third kappa shape index (κ3) is 4.06. The highest BCUT2D eigenvalue weighted by molar-refractivity contribution is 7.89. The molecule has 2 atom stereocenters. The van der Waals surface area contributed by atoms with Gasteiger partial charge < -0.3 is 5.32 Å². The summed E-state index contributed by atoms with van der Waals surface area (Å²) in [5.74, 6) is 0.235. The maximum Gasteiger partial charge on any atom is 0.214 e. The van der Waals surface area contributed by atoms with Gasteiger partial charge >= 0.3 is 0 Å². The number of rotatable bonds is 6. The standard InChI is InChI=1S/C20H23N3O2S/c1-2-11-26(24,25)23-14-19(17-8-4-3-5-9-17)20(15-23)22-18-10-6-7-16(12-18)13-21/h3-10,12,19-20,22H,2,11,14-15H2,1H3/t19-,20+/m0/s1. The van der Waals surface area contributed by atoms with Gasteiger partial charge in [0, 0.05) is 30.7 Å². The molecular formula is C20H23N3O2S. The van der Waals surface area contributed by atoms with Gasteiger partial charge in [0.2, 0.25) is 10.0 Å². The van der Waals surface area contributed by atoms with E-state index in [2.05, 4.69) is 11.4 Å². The highest BCUT2D eigenvalue weighted by atomic mass is 32.2. The highest BCUT2D eigenvalue weighted by Crippen LogP contribution is 2.32. The lowest BCUT2D eigenvalue weighted by molar-refractivity contribution is 0.470. The minimum absolute atomic E-state index is 0.0435. The first-order valence-electron chi connectivity index (χ1n) is 8.83. The van der Waals surface area contributed by atoms with Crippen LogP contribution in [-0.2, 0) is 10.0 Å². The molecule has 0 amide bonds. The maximum atomic E-state index is 12.6. The fourth-order valence-electron chi connectivity index (χ4n) is 3.46. The van der Waals surface area contributed by atoms with Crippen LogP contribution in [0.2, 0.25) is 0 Å². The van der Waals surface area contributed by atoms with E-state index in [-0.39, 0.29) is 17.7 Å². The summed E-state index contributed by atoms with van der Waals surface area (Å²) in [7, 11) is -3.25. The Labute approximate surface area is 155 Å². The Kier molecular flexibility index (Phi) is 5.60. The second-order valence-electron chi connectivity index (χ2n) is 6.59. The Morgan fingerprint density at radius 3 is 2.62 bits per heavy atom. The van der Waals surface area contributed by atoms with Crippen molar-refractivity contribution in [2.24, 2.45) is 0 Å². The van der Waals surface area contributed by atoms with Crippen LogP contribution >= 0.6 is 0 Å². The molecule has 1 N–H and O–H groups in total. The zero-order valence-electron chi connectivity index (χ0n) is 14.8. The minimum Gasteiger partial charge on any atom is -0.380 e. The van der Waals surface area contributed by atoms with Crippen LogP contribution in [0, 0.1) is 11.3 Å². The van der Waals surface area contributed by atoms with Gasteiger partial charge in [-0.05, 0) is 30.2 Å². The first-order chi connectivity index (χ1) is 12.5. The van der Waals surface area contributed by atoms with Crippen molar-refractivity contribution in [1.82, 2.24) is 4.31 Å². The molecule has 0 aromatic heterocycles. The molecule has 2 aromatic rings. The summed E-state index contributed by atoms with van der Waals surface area (Å²) in [5, 5.41) is 12.5. The molecule has 5 nitrogen and oxygen atoms in total. The van der Waals surface area contributed by atoms with E-state index in [1.54, 1.807) is 16.4 Å². The van der Waals surface area contributed by atoms with Gasteiger partial charge in [0.15, 0.2) is 0 Å². The predicted octanol–water partition coefficient (Wildman–Crippen LogP) is 3.18. The van der Waals surface area contributed by atoms with E-state index in [4.69, 9.17) is 5.26 Å². The summed E-state index contributed by atoms with van der Waals surface area (Å²) in [6.45, 7) is 2.78. The molecule has 136 valence electrons. The van der Waals surface area contributed by atoms with Crippen LogP contribution in [0.15, 0.2) is 54.6 Å². The Balaban J connectivity index is 1.88. The monoisotopic (exact) mass is 369 g/mol. The molecule has 2 aromatic carbocycles. The summed E-state index contributed by atoms with van der Waals surface area (Å²) >= 11 is 0. The number of anilines is 1. The molecule has 0 bridgehead atoms. The van der Waals surface area contributed by atoms with E-state index >= 15 is 0 Å². The van der Waals surface area contributed by atoms with Gasteiger partial charge in [0.05, 0.1) is 17.4 Å². The number of sulfonamides is 1. The van der Waals surface area contributed by atoms with Crippen molar-refractivity contribution in [3.05, 3.63) is 65.7 Å². The predicted molar refractivity (Wildman–Crippen MR) is 103 cm³/mol. The Bertz CT molecular complexity index is 891. The molecule has 26 heavy (non-hydrogen) atoms. The first kappa shape index (κ1) is 18.4. The fourth-order valence-corrected chi connectivity index (χ4v) is 5.01. The van der Waals surface area contributed by atoms with E-state index in [1.807, 2.05) is 49.4 Å². The molecule has 0 saturated carbocycles. The quantitative estimate of drug-likeness (QED) is 0.849. The molecule has 0 radical (unpaired) electrons. The third-order valence-electron chi connectivity index (χ3n) is 4.71. The van der Waals surface area contributed by atoms with Crippen LogP contribution in [0.25, 0.3) is 0 Å². The lowest BCUT2D eigenvalue weighted by atomic mass is 9.94. The normalized spacial score (nSPS) is 20.6. The summed E-state index contributed by atoms with van der Waals surface area (Å²) in [6, 6.07) is 19.4. The van der Waals surface area contributed by atoms with Crippen LogP contribution < -0.4 is 5.32 Å². The molecule has 1 fully saturated rings. The zero-order chi connectivity index (χ0) is 18.6. The fraction of sp³-hybridized carbons (Fsp3) is 0.350. The van der Waals surface area contributed by atoms with Crippen molar-refractivity contribution in [3.8, 4) is 6.07 Å². The summed E-state index contributed by atoms with van der Waals surface area (Å²) < 4.78 is 26.7. The molecule has 1 saturated heterocycles. The smallest absolute Gasteiger partial charge is 0.214 e. The van der Waals surface area contributed by atoms with Gasteiger partial charge in [-0.1, -0.05) is 43.3 Å². The Morgan fingerprint density at radius 1 is 1.15 bits per heavy atom. The average molecular weight is 369 g/mol. The third-order valence-corrected chi connectivity index (χ3v) is 6.72.